The van der Waals surface area contributed by atoms with Crippen LogP contribution in [0.15, 0.2) is 47.7 Å². The van der Waals surface area contributed by atoms with Gasteiger partial charge in [-0.05, 0) is 81.4 Å². The second kappa shape index (κ2) is 18.6. The predicted octanol–water partition coefficient (Wildman–Crippen LogP) is 7.42. The molecule has 1 unspecified atom stereocenters. The van der Waals surface area contributed by atoms with Gasteiger partial charge in [0.2, 0.25) is 5.91 Å². The molecule has 7 nitrogen and oxygen atoms in total. The number of amides is 1. The molecule has 7 heteroatoms. The average molecular weight is 621 g/mol. The molecule has 2 aromatic rings. The lowest BCUT2D eigenvalue weighted by Gasteiger charge is -2.37. The molecule has 1 amide bonds. The van der Waals surface area contributed by atoms with E-state index in [4.69, 9.17) is 15.2 Å². The lowest BCUT2D eigenvalue weighted by Crippen LogP contribution is -2.39. The zero-order chi connectivity index (χ0) is 33.7. The Labute approximate surface area is 273 Å². The van der Waals surface area contributed by atoms with Crippen LogP contribution in [-0.2, 0) is 17.8 Å². The Balaban J connectivity index is 0.00000169. The number of likely N-dealkylation sites (tertiary alicyclic amines) is 1. The van der Waals surface area contributed by atoms with Gasteiger partial charge in [0, 0.05) is 69.6 Å². The molecule has 2 aliphatic rings. The number of aryl methyl sites for hydroxylation is 1. The summed E-state index contributed by atoms with van der Waals surface area (Å²) < 4.78 is 12.5. The zero-order valence-corrected chi connectivity index (χ0v) is 30.0. The van der Waals surface area contributed by atoms with Crippen LogP contribution in [-0.4, -0.2) is 62.1 Å². The summed E-state index contributed by atoms with van der Waals surface area (Å²) in [7, 11) is 3.68. The van der Waals surface area contributed by atoms with Crippen molar-refractivity contribution in [3.8, 4) is 11.5 Å². The van der Waals surface area contributed by atoms with E-state index in [1.165, 1.54) is 33.4 Å². The quantitative estimate of drug-likeness (QED) is 0.284. The van der Waals surface area contributed by atoms with Gasteiger partial charge in [0.25, 0.3) is 0 Å². The molecule has 0 bridgehead atoms. The van der Waals surface area contributed by atoms with Crippen molar-refractivity contribution in [3.63, 3.8) is 0 Å². The Hall–Kier alpha value is -3.29. The highest BCUT2D eigenvalue weighted by atomic mass is 16.5. The summed E-state index contributed by atoms with van der Waals surface area (Å²) in [6, 6.07) is 10.8. The summed E-state index contributed by atoms with van der Waals surface area (Å²) in [5.74, 6) is 2.04. The number of nitrogens with two attached hydrogens (primary N) is 1. The minimum Gasteiger partial charge on any atom is -0.496 e. The molecule has 0 spiro atoms. The van der Waals surface area contributed by atoms with Crippen molar-refractivity contribution in [2.75, 3.05) is 40.3 Å². The van der Waals surface area contributed by atoms with Gasteiger partial charge in [0.15, 0.2) is 0 Å². The number of nitrogens with one attached hydrogen (secondary N) is 1. The van der Waals surface area contributed by atoms with E-state index in [0.717, 1.165) is 68.1 Å². The topological polar surface area (TPSA) is 80.1 Å². The molecule has 0 aromatic heterocycles. The Morgan fingerprint density at radius 2 is 1.71 bits per heavy atom. The molecule has 0 aliphatic carbocycles. The molecule has 2 heterocycles. The van der Waals surface area contributed by atoms with Gasteiger partial charge < -0.3 is 25.4 Å². The summed E-state index contributed by atoms with van der Waals surface area (Å²) in [5.41, 5.74) is 15.5. The molecule has 4 rings (SSSR count). The molecular weight excluding hydrogens is 560 g/mol. The minimum atomic E-state index is 0.0840. The van der Waals surface area contributed by atoms with E-state index in [1.807, 2.05) is 45.8 Å². The minimum absolute atomic E-state index is 0.0840. The number of carbonyl (C=O) groups is 1. The number of nitrogens with zero attached hydrogens (tertiary/aromatic N) is 2. The first-order chi connectivity index (χ1) is 21.7. The van der Waals surface area contributed by atoms with Crippen LogP contribution in [0, 0.1) is 6.92 Å². The molecule has 250 valence electrons. The van der Waals surface area contributed by atoms with Crippen LogP contribution >= 0.6 is 0 Å². The standard InChI is InChI=1S/C34H48N4O3.2C2H6/c1-22-17-27(31(20-36-6)24(3)23(2)19-35)18-34(40-7)32(22)21-37-14-11-28(12-15-37)41-33-10-8-9-29-25(4)38(26(5)39)16-13-30(29)33;2*1-2/h8-10,17-18,20,25,28,36H,11-16,19,21,35H2,1-7H3;2*1-2H3/b24-23-,31-20+;;. The van der Waals surface area contributed by atoms with Gasteiger partial charge in [-0.15, -0.1) is 0 Å². The van der Waals surface area contributed by atoms with Gasteiger partial charge >= 0.3 is 0 Å². The summed E-state index contributed by atoms with van der Waals surface area (Å²) in [6.07, 6.45) is 5.04. The fourth-order valence-corrected chi connectivity index (χ4v) is 6.22. The fourth-order valence-electron chi connectivity index (χ4n) is 6.22. The van der Waals surface area contributed by atoms with Crippen LogP contribution in [0.3, 0.4) is 0 Å². The first-order valence-corrected chi connectivity index (χ1v) is 16.9. The molecule has 2 aliphatic heterocycles. The smallest absolute Gasteiger partial charge is 0.219 e. The van der Waals surface area contributed by atoms with E-state index in [1.54, 1.807) is 14.0 Å². The van der Waals surface area contributed by atoms with Crippen LogP contribution in [0.1, 0.15) is 102 Å². The number of hydrogen-bond acceptors (Lipinski definition) is 6. The van der Waals surface area contributed by atoms with E-state index in [9.17, 15) is 4.79 Å². The number of carbonyl (C=O) groups excluding carboxylic acids is 1. The number of piperidine rings is 1. The largest absolute Gasteiger partial charge is 0.496 e. The van der Waals surface area contributed by atoms with Gasteiger partial charge in [0.1, 0.15) is 17.6 Å². The van der Waals surface area contributed by atoms with Crippen molar-refractivity contribution in [1.82, 2.24) is 15.1 Å². The van der Waals surface area contributed by atoms with E-state index in [0.29, 0.717) is 6.54 Å². The number of allylic oxidation sites excluding steroid dienone is 2. The Kier molecular flexibility index (Phi) is 15.7. The normalized spacial score (nSPS) is 17.6. The van der Waals surface area contributed by atoms with E-state index >= 15 is 0 Å². The van der Waals surface area contributed by atoms with E-state index < -0.39 is 0 Å². The molecule has 3 N–H and O–H groups in total. The highest BCUT2D eigenvalue weighted by molar-refractivity contribution is 5.80. The number of hydrogen-bond donors (Lipinski definition) is 2. The lowest BCUT2D eigenvalue weighted by molar-refractivity contribution is -0.131. The third-order valence-corrected chi connectivity index (χ3v) is 8.91. The lowest BCUT2D eigenvalue weighted by atomic mass is 9.92. The maximum absolute atomic E-state index is 12.1. The molecule has 1 fully saturated rings. The molecule has 45 heavy (non-hydrogen) atoms. The highest BCUT2D eigenvalue weighted by Gasteiger charge is 2.29. The summed E-state index contributed by atoms with van der Waals surface area (Å²) in [5, 5.41) is 3.20. The molecule has 1 atom stereocenters. The molecule has 1 saturated heterocycles. The Bertz CT molecular complexity index is 1310. The SMILES string of the molecule is CC.CC.CN/C=C(\C(C)=C(\C)CN)c1cc(C)c(CN2CCC(Oc3cccc4c3CCN(C(C)=O)C4C)CC2)c(OC)c1. The van der Waals surface area contributed by atoms with Gasteiger partial charge in [-0.3, -0.25) is 9.69 Å². The number of rotatable bonds is 9. The van der Waals surface area contributed by atoms with Crippen LogP contribution in [0.2, 0.25) is 0 Å². The van der Waals surface area contributed by atoms with Crippen molar-refractivity contribution in [3.05, 3.63) is 75.5 Å². The van der Waals surface area contributed by atoms with Crippen molar-refractivity contribution in [2.24, 2.45) is 5.73 Å². The first-order valence-electron chi connectivity index (χ1n) is 16.9. The maximum Gasteiger partial charge on any atom is 0.219 e. The van der Waals surface area contributed by atoms with Crippen LogP contribution in [0.25, 0.3) is 5.57 Å². The van der Waals surface area contributed by atoms with Crippen LogP contribution in [0.5, 0.6) is 11.5 Å². The second-order valence-electron chi connectivity index (χ2n) is 11.5. The molecule has 0 radical (unpaired) electrons. The van der Waals surface area contributed by atoms with Gasteiger partial charge in [-0.2, -0.15) is 0 Å². The van der Waals surface area contributed by atoms with Crippen LogP contribution < -0.4 is 20.5 Å². The predicted molar refractivity (Wildman–Crippen MR) is 190 cm³/mol. The van der Waals surface area contributed by atoms with Gasteiger partial charge in [0.05, 0.1) is 13.2 Å². The van der Waals surface area contributed by atoms with E-state index in [2.05, 4.69) is 68.2 Å². The summed E-state index contributed by atoms with van der Waals surface area (Å²) in [4.78, 5) is 16.5. The maximum atomic E-state index is 12.1. The van der Waals surface area contributed by atoms with Gasteiger partial charge in [-0.25, -0.2) is 0 Å². The second-order valence-corrected chi connectivity index (χ2v) is 11.5. The molecule has 2 aromatic carbocycles. The molecule has 0 saturated carbocycles. The fraction of sp³-hybridized carbons (Fsp3) is 0.553. The average Bonchev–Trinajstić information content (AvgIpc) is 3.06. The van der Waals surface area contributed by atoms with Gasteiger partial charge in [-0.1, -0.05) is 51.5 Å². The summed E-state index contributed by atoms with van der Waals surface area (Å²) in [6.45, 7) is 22.2. The van der Waals surface area contributed by atoms with Crippen molar-refractivity contribution >= 4 is 11.5 Å². The number of ether oxygens (including phenoxy) is 2. The number of benzene rings is 2. The molecular formula is C38H60N4O3. The van der Waals surface area contributed by atoms with Crippen LogP contribution in [0.4, 0.5) is 0 Å². The zero-order valence-electron chi connectivity index (χ0n) is 30.0. The number of methoxy groups -OCH3 is 1. The van der Waals surface area contributed by atoms with Crippen molar-refractivity contribution < 1.29 is 14.3 Å². The third-order valence-electron chi connectivity index (χ3n) is 8.91. The monoisotopic (exact) mass is 620 g/mol. The van der Waals surface area contributed by atoms with Crippen molar-refractivity contribution in [1.29, 1.82) is 0 Å². The summed E-state index contributed by atoms with van der Waals surface area (Å²) >= 11 is 0. The first kappa shape index (κ1) is 37.9. The highest BCUT2D eigenvalue weighted by Crippen LogP contribution is 2.37. The number of fused-ring (bicyclic) bond motifs is 1. The van der Waals surface area contributed by atoms with Crippen molar-refractivity contribution in [2.45, 2.75) is 100 Å². The Morgan fingerprint density at radius 3 is 2.29 bits per heavy atom. The Morgan fingerprint density at radius 1 is 1.04 bits per heavy atom. The van der Waals surface area contributed by atoms with E-state index in [-0.39, 0.29) is 18.1 Å². The third kappa shape index (κ3) is 9.36.